The Morgan fingerprint density at radius 2 is 1.69 bits per heavy atom. The van der Waals surface area contributed by atoms with Gasteiger partial charge in [-0.3, -0.25) is 9.89 Å². The van der Waals surface area contributed by atoms with Crippen molar-refractivity contribution < 1.29 is 9.90 Å². The van der Waals surface area contributed by atoms with Gasteiger partial charge in [-0.2, -0.15) is 5.10 Å². The van der Waals surface area contributed by atoms with Gasteiger partial charge in [-0.25, -0.2) is 0 Å². The topological polar surface area (TPSA) is 78.0 Å². The second-order valence-electron chi connectivity index (χ2n) is 6.73. The predicted octanol–water partition coefficient (Wildman–Crippen LogP) is 2.32. The molecule has 0 saturated carbocycles. The van der Waals surface area contributed by atoms with Crippen LogP contribution in [-0.4, -0.2) is 27.3 Å². The predicted molar refractivity (Wildman–Crippen MR) is 98.4 cm³/mol. The van der Waals surface area contributed by atoms with E-state index in [1.54, 1.807) is 24.3 Å². The van der Waals surface area contributed by atoms with Crippen molar-refractivity contribution in [2.45, 2.75) is 30.9 Å². The number of aliphatic hydroxyl groups is 1. The minimum atomic E-state index is -1.72. The zero-order valence-corrected chi connectivity index (χ0v) is 14.4. The van der Waals surface area contributed by atoms with E-state index in [2.05, 4.69) is 15.5 Å². The number of aromatic nitrogens is 2. The summed E-state index contributed by atoms with van der Waals surface area (Å²) < 4.78 is 0. The van der Waals surface area contributed by atoms with Crippen LogP contribution in [0, 0.1) is 0 Å². The summed E-state index contributed by atoms with van der Waals surface area (Å²) >= 11 is 0. The number of aryl methyl sites for hydroxylation is 1. The van der Waals surface area contributed by atoms with Crippen LogP contribution in [0.1, 0.15) is 28.8 Å². The van der Waals surface area contributed by atoms with Crippen molar-refractivity contribution in [1.29, 1.82) is 0 Å². The summed E-state index contributed by atoms with van der Waals surface area (Å²) in [6.07, 6.45) is 4.20. The van der Waals surface area contributed by atoms with Crippen LogP contribution in [0.15, 0.2) is 66.9 Å². The molecule has 1 aromatic heterocycles. The van der Waals surface area contributed by atoms with Crippen molar-refractivity contribution >= 4 is 5.91 Å². The smallest absolute Gasteiger partial charge is 0.261 e. The highest BCUT2D eigenvalue weighted by atomic mass is 16.3. The summed E-state index contributed by atoms with van der Waals surface area (Å²) in [5.74, 6) is -0.396. The molecule has 1 aliphatic carbocycles. The maximum Gasteiger partial charge on any atom is 0.261 e. The Balaban J connectivity index is 1.63. The summed E-state index contributed by atoms with van der Waals surface area (Å²) in [7, 11) is 0. The van der Waals surface area contributed by atoms with Crippen molar-refractivity contribution in [3.05, 3.63) is 89.2 Å². The molecule has 5 heteroatoms. The number of hydrogen-bond donors (Lipinski definition) is 3. The van der Waals surface area contributed by atoms with Crippen LogP contribution in [0.4, 0.5) is 0 Å². The van der Waals surface area contributed by atoms with Crippen LogP contribution in [0.5, 0.6) is 0 Å². The van der Waals surface area contributed by atoms with E-state index in [9.17, 15) is 9.90 Å². The van der Waals surface area contributed by atoms with Gasteiger partial charge in [0.15, 0.2) is 5.60 Å². The minimum absolute atomic E-state index is 0.0217. The fourth-order valence-corrected chi connectivity index (χ4v) is 3.62. The molecule has 4 rings (SSSR count). The molecule has 3 aromatic rings. The van der Waals surface area contributed by atoms with Gasteiger partial charge in [-0.05, 0) is 36.0 Å². The first-order valence-electron chi connectivity index (χ1n) is 8.83. The van der Waals surface area contributed by atoms with Gasteiger partial charge in [-0.15, -0.1) is 0 Å². The number of aromatic amines is 1. The molecule has 0 spiro atoms. The second-order valence-corrected chi connectivity index (χ2v) is 6.73. The van der Waals surface area contributed by atoms with Gasteiger partial charge < -0.3 is 10.4 Å². The molecule has 1 atom stereocenters. The Kier molecular flexibility index (Phi) is 4.31. The minimum Gasteiger partial charge on any atom is -0.372 e. The van der Waals surface area contributed by atoms with Gasteiger partial charge in [0.05, 0.1) is 6.20 Å². The maximum absolute atomic E-state index is 13.2. The van der Waals surface area contributed by atoms with E-state index in [1.165, 1.54) is 0 Å². The van der Waals surface area contributed by atoms with Crippen LogP contribution < -0.4 is 5.32 Å². The van der Waals surface area contributed by atoms with Crippen molar-refractivity contribution in [3.63, 3.8) is 0 Å². The van der Waals surface area contributed by atoms with E-state index in [-0.39, 0.29) is 6.04 Å². The number of fused-ring (bicyclic) bond motifs is 1. The molecule has 26 heavy (non-hydrogen) atoms. The number of nitrogens with one attached hydrogen (secondary N) is 2. The van der Waals surface area contributed by atoms with Crippen molar-refractivity contribution in [3.8, 4) is 0 Å². The van der Waals surface area contributed by atoms with E-state index < -0.39 is 11.5 Å². The third-order valence-electron chi connectivity index (χ3n) is 5.06. The molecule has 2 aromatic carbocycles. The lowest BCUT2D eigenvalue weighted by Crippen LogP contribution is -2.50. The van der Waals surface area contributed by atoms with E-state index in [0.29, 0.717) is 11.1 Å². The summed E-state index contributed by atoms with van der Waals surface area (Å²) in [5.41, 5.74) is 1.66. The first-order chi connectivity index (χ1) is 12.7. The van der Waals surface area contributed by atoms with Crippen LogP contribution in [0.25, 0.3) is 0 Å². The molecular formula is C21H21N3O2. The fourth-order valence-electron chi connectivity index (χ4n) is 3.62. The number of H-pyrrole nitrogens is 1. The number of carbonyl (C=O) groups is 1. The molecule has 0 fully saturated rings. The molecule has 1 amide bonds. The first-order valence-corrected chi connectivity index (χ1v) is 8.83. The normalized spacial score (nSPS) is 16.7. The molecule has 0 aliphatic heterocycles. The third kappa shape index (κ3) is 2.91. The lowest BCUT2D eigenvalue weighted by atomic mass is 9.84. The molecular weight excluding hydrogens is 326 g/mol. The van der Waals surface area contributed by atoms with Gasteiger partial charge in [-0.1, -0.05) is 60.7 Å². The van der Waals surface area contributed by atoms with Crippen molar-refractivity contribution in [2.75, 3.05) is 0 Å². The third-order valence-corrected chi connectivity index (χ3v) is 5.06. The van der Waals surface area contributed by atoms with E-state index in [4.69, 9.17) is 0 Å². The molecule has 3 N–H and O–H groups in total. The number of nitrogens with zero attached hydrogens (tertiary/aromatic N) is 1. The average Bonchev–Trinajstić information content (AvgIpc) is 3.16. The van der Waals surface area contributed by atoms with Crippen LogP contribution in [-0.2, 0) is 23.2 Å². The van der Waals surface area contributed by atoms with E-state index in [0.717, 1.165) is 30.5 Å². The number of hydrogen-bond acceptors (Lipinski definition) is 3. The lowest BCUT2D eigenvalue weighted by Gasteiger charge is -2.31. The first kappa shape index (κ1) is 16.5. The lowest BCUT2D eigenvalue weighted by molar-refractivity contribution is -0.137. The highest BCUT2D eigenvalue weighted by molar-refractivity contribution is 5.90. The van der Waals surface area contributed by atoms with E-state index >= 15 is 0 Å². The van der Waals surface area contributed by atoms with Gasteiger partial charge in [0.2, 0.25) is 0 Å². The van der Waals surface area contributed by atoms with Crippen molar-refractivity contribution in [2.24, 2.45) is 0 Å². The Morgan fingerprint density at radius 1 is 1.08 bits per heavy atom. The Morgan fingerprint density at radius 3 is 2.31 bits per heavy atom. The second kappa shape index (κ2) is 6.77. The fraction of sp³-hybridized carbons (Fsp3) is 0.238. The van der Waals surface area contributed by atoms with Crippen molar-refractivity contribution in [1.82, 2.24) is 15.5 Å². The number of benzene rings is 2. The zero-order valence-electron chi connectivity index (χ0n) is 14.4. The molecule has 0 saturated heterocycles. The maximum atomic E-state index is 13.2. The number of carbonyl (C=O) groups excluding carboxylic acids is 1. The highest BCUT2D eigenvalue weighted by Crippen LogP contribution is 2.30. The van der Waals surface area contributed by atoms with E-state index in [1.807, 2.05) is 42.6 Å². The van der Waals surface area contributed by atoms with Crippen LogP contribution in [0.3, 0.4) is 0 Å². The Hall–Kier alpha value is -2.92. The number of amides is 1. The molecule has 5 nitrogen and oxygen atoms in total. The molecule has 1 unspecified atom stereocenters. The molecule has 0 bridgehead atoms. The summed E-state index contributed by atoms with van der Waals surface area (Å²) in [6.45, 7) is 0. The molecule has 1 aliphatic rings. The highest BCUT2D eigenvalue weighted by Gasteiger charge is 2.41. The van der Waals surface area contributed by atoms with Gasteiger partial charge in [0.25, 0.3) is 5.91 Å². The molecule has 1 heterocycles. The largest absolute Gasteiger partial charge is 0.372 e. The quantitative estimate of drug-likeness (QED) is 0.678. The summed E-state index contributed by atoms with van der Waals surface area (Å²) in [6, 6.07) is 18.1. The van der Waals surface area contributed by atoms with Crippen LogP contribution in [0.2, 0.25) is 0 Å². The Labute approximate surface area is 152 Å². The van der Waals surface area contributed by atoms with Crippen LogP contribution >= 0.6 is 0 Å². The Bertz CT molecular complexity index is 850. The van der Waals surface area contributed by atoms with Gasteiger partial charge in [0.1, 0.15) is 0 Å². The average molecular weight is 347 g/mol. The van der Waals surface area contributed by atoms with Gasteiger partial charge >= 0.3 is 0 Å². The molecule has 132 valence electrons. The summed E-state index contributed by atoms with van der Waals surface area (Å²) in [4.78, 5) is 13.2. The monoisotopic (exact) mass is 347 g/mol. The SMILES string of the molecule is O=C(NC1CCc2[nH]ncc2C1)C(O)(c1ccccc1)c1ccccc1. The summed E-state index contributed by atoms with van der Waals surface area (Å²) in [5, 5.41) is 21.6. The standard InChI is InChI=1S/C21H21N3O2/c25-20(23-18-11-12-19-15(13-18)14-22-24-19)21(26,16-7-3-1-4-8-16)17-9-5-2-6-10-17/h1-10,14,18,26H,11-13H2,(H,22,24)(H,23,25). The zero-order chi connectivity index (χ0) is 18.0. The molecule has 0 radical (unpaired) electrons. The number of rotatable bonds is 4. The van der Waals surface area contributed by atoms with Gasteiger partial charge in [0, 0.05) is 11.7 Å².